The molecule has 0 bridgehead atoms. The van der Waals surface area contributed by atoms with Gasteiger partial charge in [-0.2, -0.15) is 0 Å². The zero-order valence-electron chi connectivity index (χ0n) is 25.8. The van der Waals surface area contributed by atoms with Crippen molar-refractivity contribution >= 4 is 52.2 Å². The van der Waals surface area contributed by atoms with E-state index in [2.05, 4.69) is 5.32 Å². The van der Waals surface area contributed by atoms with Crippen molar-refractivity contribution in [3.63, 3.8) is 0 Å². The molecule has 1 N–H and O–H groups in total. The monoisotopic (exact) mass is 640 g/mol. The van der Waals surface area contributed by atoms with Gasteiger partial charge in [-0.1, -0.05) is 41.9 Å². The van der Waals surface area contributed by atoms with Crippen LogP contribution in [-0.4, -0.2) is 63.3 Å². The van der Waals surface area contributed by atoms with Crippen LogP contribution in [0.15, 0.2) is 91.0 Å². The van der Waals surface area contributed by atoms with Gasteiger partial charge in [-0.15, -0.1) is 0 Å². The molecular formula is C35H33ClN4O6. The Hall–Kier alpha value is -5.35. The molecule has 4 aromatic rings. The second kappa shape index (κ2) is 13.7. The van der Waals surface area contributed by atoms with Gasteiger partial charge in [0, 0.05) is 37.0 Å². The standard InChI is InChI=1S/C35H33ClN4O6/c1-38(2)26-16-14-25(15-17-26)37-34(43)32(23-11-18-29(45-3)30(19-23)46-4)40(20-22-9-12-24(36)13-10-22)31(41)21-39-28-8-6-5-7-27(28)33(42)35(39)44/h5-19,32H,20-21H2,1-4H3,(H,37,43). The first-order valence-corrected chi connectivity index (χ1v) is 14.8. The number of rotatable bonds is 11. The molecule has 0 radical (unpaired) electrons. The molecule has 0 aliphatic carbocycles. The average molecular weight is 641 g/mol. The third-order valence-electron chi connectivity index (χ3n) is 7.69. The third kappa shape index (κ3) is 6.67. The highest BCUT2D eigenvalue weighted by atomic mass is 35.5. The summed E-state index contributed by atoms with van der Waals surface area (Å²) in [7, 11) is 6.81. The number of ketones is 1. The predicted octanol–water partition coefficient (Wildman–Crippen LogP) is 5.36. The van der Waals surface area contributed by atoms with E-state index in [1.807, 2.05) is 31.1 Å². The van der Waals surface area contributed by atoms with Crippen LogP contribution in [0.3, 0.4) is 0 Å². The van der Waals surface area contributed by atoms with E-state index in [0.717, 1.165) is 10.6 Å². The van der Waals surface area contributed by atoms with Gasteiger partial charge >= 0.3 is 0 Å². The Morgan fingerprint density at radius 1 is 0.870 bits per heavy atom. The van der Waals surface area contributed by atoms with Crippen LogP contribution in [0.5, 0.6) is 11.5 Å². The number of anilines is 3. The lowest BCUT2D eigenvalue weighted by Gasteiger charge is -2.33. The van der Waals surface area contributed by atoms with E-state index < -0.39 is 36.1 Å². The lowest BCUT2D eigenvalue weighted by Crippen LogP contribution is -2.46. The van der Waals surface area contributed by atoms with Crippen LogP contribution < -0.4 is 24.6 Å². The van der Waals surface area contributed by atoms with Crippen LogP contribution in [-0.2, 0) is 20.9 Å². The van der Waals surface area contributed by atoms with Gasteiger partial charge in [0.1, 0.15) is 12.6 Å². The number of ether oxygens (including phenoxy) is 2. The zero-order valence-corrected chi connectivity index (χ0v) is 26.6. The first-order chi connectivity index (χ1) is 22.1. The van der Waals surface area contributed by atoms with Crippen molar-refractivity contribution < 1.29 is 28.7 Å². The topological polar surface area (TPSA) is 108 Å². The van der Waals surface area contributed by atoms with Crippen molar-refractivity contribution in [1.29, 1.82) is 0 Å². The van der Waals surface area contributed by atoms with Gasteiger partial charge in [0.2, 0.25) is 5.91 Å². The fourth-order valence-electron chi connectivity index (χ4n) is 5.29. The van der Waals surface area contributed by atoms with E-state index in [4.69, 9.17) is 21.1 Å². The van der Waals surface area contributed by atoms with Crippen molar-refractivity contribution in [2.45, 2.75) is 12.6 Å². The normalized spacial score (nSPS) is 12.8. The Labute approximate surface area is 272 Å². The molecular weight excluding hydrogens is 608 g/mol. The lowest BCUT2D eigenvalue weighted by molar-refractivity contribution is -0.139. The Bertz CT molecular complexity index is 1780. The highest BCUT2D eigenvalue weighted by Crippen LogP contribution is 2.35. The Kier molecular flexibility index (Phi) is 9.58. The molecule has 5 rings (SSSR count). The molecule has 0 fully saturated rings. The second-order valence-electron chi connectivity index (χ2n) is 10.8. The molecule has 10 nitrogen and oxygen atoms in total. The smallest absolute Gasteiger partial charge is 0.299 e. The first kappa shape index (κ1) is 32.1. The molecule has 1 aliphatic heterocycles. The number of amides is 3. The molecule has 3 amide bonds. The fourth-order valence-corrected chi connectivity index (χ4v) is 5.42. The average Bonchev–Trinajstić information content (AvgIpc) is 3.30. The minimum absolute atomic E-state index is 0.0143. The number of methoxy groups -OCH3 is 2. The number of nitrogens with one attached hydrogen (secondary N) is 1. The number of fused-ring (bicyclic) bond motifs is 1. The van der Waals surface area contributed by atoms with E-state index in [9.17, 15) is 19.2 Å². The summed E-state index contributed by atoms with van der Waals surface area (Å²) in [5, 5.41) is 3.46. The van der Waals surface area contributed by atoms with Crippen LogP contribution in [0.4, 0.5) is 17.1 Å². The summed E-state index contributed by atoms with van der Waals surface area (Å²) in [4.78, 5) is 58.9. The number of hydrogen-bond acceptors (Lipinski definition) is 7. The van der Waals surface area contributed by atoms with E-state index in [1.54, 1.807) is 78.9 Å². The van der Waals surface area contributed by atoms with E-state index in [0.29, 0.717) is 39.0 Å². The number of carbonyl (C=O) groups excluding carboxylic acids is 4. The van der Waals surface area contributed by atoms with Gasteiger partial charge in [-0.25, -0.2) is 0 Å². The Morgan fingerprint density at radius 2 is 1.54 bits per heavy atom. The number of halogens is 1. The van der Waals surface area contributed by atoms with Crippen molar-refractivity contribution in [3.05, 3.63) is 113 Å². The van der Waals surface area contributed by atoms with Crippen LogP contribution >= 0.6 is 11.6 Å². The quantitative estimate of drug-likeness (QED) is 0.220. The van der Waals surface area contributed by atoms with Crippen molar-refractivity contribution in [2.24, 2.45) is 0 Å². The molecule has 236 valence electrons. The summed E-state index contributed by atoms with van der Waals surface area (Å²) in [6.07, 6.45) is 0. The Balaban J connectivity index is 1.58. The number of Topliss-reactive ketones (excluding diaryl/α,β-unsaturated/α-hetero) is 1. The Morgan fingerprint density at radius 3 is 2.20 bits per heavy atom. The second-order valence-corrected chi connectivity index (χ2v) is 11.3. The molecule has 46 heavy (non-hydrogen) atoms. The van der Waals surface area contributed by atoms with Crippen molar-refractivity contribution in [3.8, 4) is 11.5 Å². The van der Waals surface area contributed by atoms with Crippen LogP contribution in [0.2, 0.25) is 5.02 Å². The van der Waals surface area contributed by atoms with Gasteiger partial charge in [0.05, 0.1) is 25.5 Å². The highest BCUT2D eigenvalue weighted by Gasteiger charge is 2.39. The maximum atomic E-state index is 14.4. The summed E-state index contributed by atoms with van der Waals surface area (Å²) >= 11 is 6.14. The third-order valence-corrected chi connectivity index (χ3v) is 7.95. The molecule has 0 aromatic heterocycles. The fraction of sp³-hybridized carbons (Fsp3) is 0.200. The summed E-state index contributed by atoms with van der Waals surface area (Å²) in [5.41, 5.74) is 3.15. The van der Waals surface area contributed by atoms with Crippen LogP contribution in [0, 0.1) is 0 Å². The summed E-state index contributed by atoms with van der Waals surface area (Å²) in [6, 6.07) is 24.5. The number of benzene rings is 4. The number of carbonyl (C=O) groups is 4. The molecule has 1 unspecified atom stereocenters. The minimum atomic E-state index is -1.19. The molecule has 0 saturated carbocycles. The van der Waals surface area contributed by atoms with Crippen molar-refractivity contribution in [2.75, 3.05) is 50.0 Å². The molecule has 4 aromatic carbocycles. The molecule has 1 aliphatic rings. The van der Waals surface area contributed by atoms with Gasteiger partial charge in [0.15, 0.2) is 11.5 Å². The molecule has 11 heteroatoms. The first-order valence-electron chi connectivity index (χ1n) is 14.4. The number of hydrogen-bond donors (Lipinski definition) is 1. The van der Waals surface area contributed by atoms with E-state index >= 15 is 0 Å². The van der Waals surface area contributed by atoms with E-state index in [-0.39, 0.29) is 12.1 Å². The maximum Gasteiger partial charge on any atom is 0.299 e. The van der Waals surface area contributed by atoms with E-state index in [1.165, 1.54) is 19.1 Å². The van der Waals surface area contributed by atoms with Gasteiger partial charge < -0.3 is 24.6 Å². The van der Waals surface area contributed by atoms with Gasteiger partial charge in [0.25, 0.3) is 17.6 Å². The predicted molar refractivity (Wildman–Crippen MR) is 177 cm³/mol. The van der Waals surface area contributed by atoms with Gasteiger partial charge in [-0.3, -0.25) is 24.1 Å². The molecule has 0 saturated heterocycles. The largest absolute Gasteiger partial charge is 0.493 e. The zero-order chi connectivity index (χ0) is 33.0. The number of para-hydroxylation sites is 1. The lowest BCUT2D eigenvalue weighted by atomic mass is 10.0. The van der Waals surface area contributed by atoms with Crippen molar-refractivity contribution in [1.82, 2.24) is 4.90 Å². The highest BCUT2D eigenvalue weighted by molar-refractivity contribution is 6.52. The summed E-state index contributed by atoms with van der Waals surface area (Å²) in [6.45, 7) is -0.483. The SMILES string of the molecule is COc1ccc(C(C(=O)Nc2ccc(N(C)C)cc2)N(Cc2ccc(Cl)cc2)C(=O)CN2C(=O)C(=O)c3ccccc32)cc1OC. The van der Waals surface area contributed by atoms with Gasteiger partial charge in [-0.05, 0) is 71.8 Å². The summed E-state index contributed by atoms with van der Waals surface area (Å²) < 4.78 is 11.0. The maximum absolute atomic E-state index is 14.4. The summed E-state index contributed by atoms with van der Waals surface area (Å²) in [5.74, 6) is -1.77. The number of nitrogens with zero attached hydrogens (tertiary/aromatic N) is 3. The van der Waals surface area contributed by atoms with Crippen LogP contribution in [0.1, 0.15) is 27.5 Å². The van der Waals surface area contributed by atoms with Crippen LogP contribution in [0.25, 0.3) is 0 Å². The molecule has 1 atom stereocenters. The molecule has 1 heterocycles. The minimum Gasteiger partial charge on any atom is -0.493 e. The molecule has 0 spiro atoms.